The van der Waals surface area contributed by atoms with E-state index < -0.39 is 0 Å². The van der Waals surface area contributed by atoms with E-state index in [4.69, 9.17) is 4.42 Å². The first-order valence-corrected chi connectivity index (χ1v) is 18.4. The Morgan fingerprint density at radius 1 is 0.472 bits per heavy atom. The van der Waals surface area contributed by atoms with Crippen LogP contribution in [0.1, 0.15) is 25.0 Å². The van der Waals surface area contributed by atoms with Gasteiger partial charge >= 0.3 is 0 Å². The summed E-state index contributed by atoms with van der Waals surface area (Å²) in [5.41, 5.74) is 12.9. The van der Waals surface area contributed by atoms with Crippen LogP contribution in [0.4, 0.5) is 17.1 Å². The SMILES string of the molecule is CC1(C)c2ccccc2-c2c1c1ccccc1c1c2ccc2cc(-c3ccc(N(c4ccccc4)c4cccc5c4oc4ccccc45)cc3)ccc21. The number of para-hydroxylation sites is 3. The molecule has 0 unspecified atom stereocenters. The summed E-state index contributed by atoms with van der Waals surface area (Å²) >= 11 is 0. The number of furan rings is 1. The van der Waals surface area contributed by atoms with Crippen LogP contribution in [0.2, 0.25) is 0 Å². The molecule has 0 radical (unpaired) electrons. The molecule has 0 saturated carbocycles. The lowest BCUT2D eigenvalue weighted by molar-refractivity contribution is 0.666. The Morgan fingerprint density at radius 2 is 1.13 bits per heavy atom. The molecule has 0 saturated heterocycles. The smallest absolute Gasteiger partial charge is 0.159 e. The van der Waals surface area contributed by atoms with E-state index in [9.17, 15) is 0 Å². The molecular formula is C51H35NO. The minimum absolute atomic E-state index is 0.0701. The minimum atomic E-state index is -0.0701. The summed E-state index contributed by atoms with van der Waals surface area (Å²) in [4.78, 5) is 2.30. The molecule has 0 spiro atoms. The molecule has 0 fully saturated rings. The van der Waals surface area contributed by atoms with Gasteiger partial charge < -0.3 is 9.32 Å². The Balaban J connectivity index is 1.05. The predicted molar refractivity (Wildman–Crippen MR) is 224 cm³/mol. The Morgan fingerprint density at radius 3 is 1.98 bits per heavy atom. The first-order valence-electron chi connectivity index (χ1n) is 18.4. The van der Waals surface area contributed by atoms with Gasteiger partial charge in [-0.15, -0.1) is 0 Å². The summed E-state index contributed by atoms with van der Waals surface area (Å²) in [6, 6.07) is 63.9. The Bertz CT molecular complexity index is 3080. The second kappa shape index (κ2) is 11.2. The summed E-state index contributed by atoms with van der Waals surface area (Å²) in [6.45, 7) is 4.76. The van der Waals surface area contributed by atoms with E-state index in [-0.39, 0.29) is 5.41 Å². The summed E-state index contributed by atoms with van der Waals surface area (Å²) < 4.78 is 6.51. The van der Waals surface area contributed by atoms with Crippen molar-refractivity contribution in [3.05, 3.63) is 187 Å². The lowest BCUT2D eigenvalue weighted by Gasteiger charge is -2.25. The number of anilines is 3. The maximum atomic E-state index is 6.51. The lowest BCUT2D eigenvalue weighted by atomic mass is 9.79. The summed E-state index contributed by atoms with van der Waals surface area (Å²) in [6.07, 6.45) is 0. The zero-order chi connectivity index (χ0) is 35.3. The molecule has 2 heteroatoms. The van der Waals surface area contributed by atoms with Gasteiger partial charge in [0.05, 0.1) is 5.69 Å². The van der Waals surface area contributed by atoms with Crippen LogP contribution in [0.15, 0.2) is 180 Å². The number of benzene rings is 9. The van der Waals surface area contributed by atoms with E-state index in [1.807, 2.05) is 12.1 Å². The molecule has 10 aromatic rings. The van der Waals surface area contributed by atoms with Crippen molar-refractivity contribution < 1.29 is 4.42 Å². The van der Waals surface area contributed by atoms with Crippen molar-refractivity contribution in [1.82, 2.24) is 0 Å². The van der Waals surface area contributed by atoms with Gasteiger partial charge in [-0.1, -0.05) is 147 Å². The van der Waals surface area contributed by atoms with Crippen LogP contribution in [0, 0.1) is 0 Å². The van der Waals surface area contributed by atoms with Crippen LogP contribution in [0.3, 0.4) is 0 Å². The molecule has 1 heterocycles. The van der Waals surface area contributed by atoms with E-state index in [1.54, 1.807) is 0 Å². The molecule has 1 aliphatic carbocycles. The fourth-order valence-electron chi connectivity index (χ4n) is 9.22. The third kappa shape index (κ3) is 4.33. The monoisotopic (exact) mass is 677 g/mol. The highest BCUT2D eigenvalue weighted by molar-refractivity contribution is 6.26. The van der Waals surface area contributed by atoms with Crippen molar-refractivity contribution in [1.29, 1.82) is 0 Å². The zero-order valence-corrected chi connectivity index (χ0v) is 29.6. The van der Waals surface area contributed by atoms with Gasteiger partial charge in [0, 0.05) is 27.6 Å². The molecule has 0 bridgehead atoms. The maximum absolute atomic E-state index is 6.51. The number of fused-ring (bicyclic) bond motifs is 13. The van der Waals surface area contributed by atoms with E-state index >= 15 is 0 Å². The topological polar surface area (TPSA) is 16.4 Å². The van der Waals surface area contributed by atoms with Gasteiger partial charge in [-0.25, -0.2) is 0 Å². The van der Waals surface area contributed by atoms with Crippen LogP contribution in [0.25, 0.3) is 76.5 Å². The van der Waals surface area contributed by atoms with Crippen molar-refractivity contribution in [3.63, 3.8) is 0 Å². The van der Waals surface area contributed by atoms with E-state index in [1.165, 1.54) is 65.7 Å². The molecule has 0 atom stereocenters. The second-order valence-electron chi connectivity index (χ2n) is 14.9. The van der Waals surface area contributed by atoms with E-state index in [2.05, 4.69) is 183 Å². The van der Waals surface area contributed by atoms with Gasteiger partial charge in [0.25, 0.3) is 0 Å². The number of hydrogen-bond donors (Lipinski definition) is 0. The third-order valence-corrected chi connectivity index (χ3v) is 11.6. The molecule has 1 aromatic heterocycles. The minimum Gasteiger partial charge on any atom is -0.454 e. The fourth-order valence-corrected chi connectivity index (χ4v) is 9.22. The van der Waals surface area contributed by atoms with Crippen molar-refractivity contribution in [2.75, 3.05) is 4.90 Å². The highest BCUT2D eigenvalue weighted by atomic mass is 16.3. The average molecular weight is 678 g/mol. The average Bonchev–Trinajstić information content (AvgIpc) is 3.71. The normalized spacial score (nSPS) is 13.2. The molecule has 250 valence electrons. The Kier molecular flexibility index (Phi) is 6.33. The summed E-state index contributed by atoms with van der Waals surface area (Å²) in [5, 5.41) is 10.1. The second-order valence-corrected chi connectivity index (χ2v) is 14.9. The van der Waals surface area contributed by atoms with Crippen LogP contribution in [-0.4, -0.2) is 0 Å². The third-order valence-electron chi connectivity index (χ3n) is 11.6. The quantitative estimate of drug-likeness (QED) is 0.172. The molecule has 2 nitrogen and oxygen atoms in total. The summed E-state index contributed by atoms with van der Waals surface area (Å²) in [5.74, 6) is 0. The first-order chi connectivity index (χ1) is 26.1. The van der Waals surface area contributed by atoms with Crippen molar-refractivity contribution in [3.8, 4) is 22.3 Å². The predicted octanol–water partition coefficient (Wildman–Crippen LogP) is 14.5. The highest BCUT2D eigenvalue weighted by Gasteiger charge is 2.38. The lowest BCUT2D eigenvalue weighted by Crippen LogP contribution is -2.15. The van der Waals surface area contributed by atoms with Gasteiger partial charge in [-0.05, 0) is 108 Å². The van der Waals surface area contributed by atoms with E-state index in [0.717, 1.165) is 39.0 Å². The Labute approximate surface area is 308 Å². The standard InChI is InChI=1S/C51H35NO/c1-51(2)44-20-10-8-18-42(44)48-43-30-26-34-31-33(25-29-37(34)47(43)39-16-6-7-17-40(39)49(48)51)32-23-27-36(28-24-32)52(35-13-4-3-5-14-35)45-21-12-19-41-38-15-9-11-22-46(38)53-50(41)45/h3-31H,1-2H3. The molecule has 0 aliphatic heterocycles. The molecule has 11 rings (SSSR count). The van der Waals surface area contributed by atoms with Crippen LogP contribution < -0.4 is 4.90 Å². The van der Waals surface area contributed by atoms with Gasteiger partial charge in [0.15, 0.2) is 5.58 Å². The maximum Gasteiger partial charge on any atom is 0.159 e. The van der Waals surface area contributed by atoms with Gasteiger partial charge in [-0.3, -0.25) is 0 Å². The van der Waals surface area contributed by atoms with Crippen molar-refractivity contribution in [2.45, 2.75) is 19.3 Å². The van der Waals surface area contributed by atoms with Crippen LogP contribution >= 0.6 is 0 Å². The number of hydrogen-bond acceptors (Lipinski definition) is 2. The molecule has 53 heavy (non-hydrogen) atoms. The van der Waals surface area contributed by atoms with Crippen molar-refractivity contribution >= 4 is 71.3 Å². The van der Waals surface area contributed by atoms with Crippen molar-refractivity contribution in [2.24, 2.45) is 0 Å². The number of rotatable bonds is 4. The van der Waals surface area contributed by atoms with Gasteiger partial charge in [-0.2, -0.15) is 0 Å². The highest BCUT2D eigenvalue weighted by Crippen LogP contribution is 2.55. The Hall–Kier alpha value is -6.64. The molecule has 0 amide bonds. The molecule has 9 aromatic carbocycles. The van der Waals surface area contributed by atoms with Gasteiger partial charge in [0.2, 0.25) is 0 Å². The summed E-state index contributed by atoms with van der Waals surface area (Å²) in [7, 11) is 0. The zero-order valence-electron chi connectivity index (χ0n) is 29.6. The van der Waals surface area contributed by atoms with Crippen LogP contribution in [-0.2, 0) is 5.41 Å². The first kappa shape index (κ1) is 30.0. The fraction of sp³-hybridized carbons (Fsp3) is 0.0588. The van der Waals surface area contributed by atoms with E-state index in [0.29, 0.717) is 0 Å². The largest absolute Gasteiger partial charge is 0.454 e. The number of nitrogens with zero attached hydrogens (tertiary/aromatic N) is 1. The molecule has 0 N–H and O–H groups in total. The van der Waals surface area contributed by atoms with Gasteiger partial charge in [0.1, 0.15) is 5.58 Å². The molecular weight excluding hydrogens is 643 g/mol. The van der Waals surface area contributed by atoms with Crippen LogP contribution in [0.5, 0.6) is 0 Å². The molecule has 1 aliphatic rings.